The Morgan fingerprint density at radius 3 is 2.58 bits per heavy atom. The fourth-order valence-corrected chi connectivity index (χ4v) is 2.53. The van der Waals surface area contributed by atoms with Gasteiger partial charge in [-0.3, -0.25) is 10.1 Å². The average Bonchev–Trinajstić information content (AvgIpc) is 2.36. The van der Waals surface area contributed by atoms with Crippen molar-refractivity contribution < 1.29 is 4.92 Å². The summed E-state index contributed by atoms with van der Waals surface area (Å²) in [5.41, 5.74) is 1.08. The van der Waals surface area contributed by atoms with Crippen molar-refractivity contribution in [3.8, 4) is 6.07 Å². The monoisotopic (exact) mass is 260 g/mol. The third-order valence-corrected chi connectivity index (χ3v) is 3.21. The number of nitriles is 1. The Balaban J connectivity index is 2.34. The molecule has 0 aromatic heterocycles. The van der Waals surface area contributed by atoms with Crippen LogP contribution in [0.15, 0.2) is 18.2 Å². The first kappa shape index (κ1) is 13.3. The summed E-state index contributed by atoms with van der Waals surface area (Å²) in [6.07, 6.45) is 0. The number of nitrogens with zero attached hydrogens (tertiary/aromatic N) is 3. The molecule has 1 aromatic carbocycles. The molecule has 1 aromatic rings. The van der Waals surface area contributed by atoms with Crippen LogP contribution in [0.2, 0.25) is 0 Å². The van der Waals surface area contributed by atoms with Crippen LogP contribution in [0, 0.1) is 21.4 Å². The van der Waals surface area contributed by atoms with Gasteiger partial charge in [0, 0.05) is 37.3 Å². The van der Waals surface area contributed by atoms with Crippen molar-refractivity contribution in [3.05, 3.63) is 33.9 Å². The van der Waals surface area contributed by atoms with Gasteiger partial charge in [0.1, 0.15) is 6.07 Å². The summed E-state index contributed by atoms with van der Waals surface area (Å²) in [5.74, 6) is 0. The van der Waals surface area contributed by atoms with Crippen LogP contribution in [0.3, 0.4) is 0 Å². The molecule has 0 spiro atoms. The zero-order chi connectivity index (χ0) is 14.0. The summed E-state index contributed by atoms with van der Waals surface area (Å²) in [6.45, 7) is 5.74. The van der Waals surface area contributed by atoms with Gasteiger partial charge in [-0.2, -0.15) is 5.26 Å². The topological polar surface area (TPSA) is 82.2 Å². The van der Waals surface area contributed by atoms with Crippen LogP contribution in [0.25, 0.3) is 0 Å². The Morgan fingerprint density at radius 1 is 1.42 bits per heavy atom. The molecule has 0 amide bonds. The molecule has 0 aliphatic carbocycles. The molecule has 1 saturated heterocycles. The van der Waals surface area contributed by atoms with E-state index in [0.717, 1.165) is 18.8 Å². The summed E-state index contributed by atoms with van der Waals surface area (Å²) >= 11 is 0. The molecule has 1 fully saturated rings. The highest BCUT2D eigenvalue weighted by molar-refractivity contribution is 5.63. The maximum Gasteiger partial charge on any atom is 0.270 e. The van der Waals surface area contributed by atoms with E-state index in [0.29, 0.717) is 17.6 Å². The highest BCUT2D eigenvalue weighted by Gasteiger charge is 2.23. The summed E-state index contributed by atoms with van der Waals surface area (Å²) < 4.78 is 0. The second-order valence-corrected chi connectivity index (χ2v) is 4.94. The molecular formula is C13H16N4O2. The Morgan fingerprint density at radius 2 is 2.05 bits per heavy atom. The highest BCUT2D eigenvalue weighted by Crippen LogP contribution is 2.26. The zero-order valence-corrected chi connectivity index (χ0v) is 11.0. The van der Waals surface area contributed by atoms with Crippen molar-refractivity contribution >= 4 is 11.4 Å². The number of benzene rings is 1. The van der Waals surface area contributed by atoms with E-state index < -0.39 is 4.92 Å². The number of piperazine rings is 1. The predicted octanol–water partition coefficient (Wildman–Crippen LogP) is 1.65. The van der Waals surface area contributed by atoms with E-state index in [1.807, 2.05) is 0 Å². The Labute approximate surface area is 111 Å². The van der Waals surface area contributed by atoms with Gasteiger partial charge in [-0.05, 0) is 19.9 Å². The Hall–Kier alpha value is -2.13. The lowest BCUT2D eigenvalue weighted by molar-refractivity contribution is -0.384. The second-order valence-electron chi connectivity index (χ2n) is 4.94. The van der Waals surface area contributed by atoms with Gasteiger partial charge in [0.15, 0.2) is 0 Å². The Kier molecular flexibility index (Phi) is 3.67. The maximum absolute atomic E-state index is 10.7. The molecule has 19 heavy (non-hydrogen) atoms. The molecule has 1 heterocycles. The van der Waals surface area contributed by atoms with Crippen LogP contribution in [0.5, 0.6) is 0 Å². The maximum atomic E-state index is 10.7. The largest absolute Gasteiger partial charge is 0.367 e. The number of rotatable bonds is 2. The fourth-order valence-electron chi connectivity index (χ4n) is 2.53. The van der Waals surface area contributed by atoms with Crippen LogP contribution < -0.4 is 10.2 Å². The number of anilines is 1. The molecule has 100 valence electrons. The van der Waals surface area contributed by atoms with Gasteiger partial charge in [0.2, 0.25) is 0 Å². The van der Waals surface area contributed by atoms with Crippen molar-refractivity contribution in [1.29, 1.82) is 5.26 Å². The van der Waals surface area contributed by atoms with Gasteiger partial charge in [0.25, 0.3) is 5.69 Å². The lowest BCUT2D eigenvalue weighted by atomic mass is 10.1. The SMILES string of the molecule is CC1CN(c2ccc([N+](=O)[O-])cc2C#N)CC(C)N1. The van der Waals surface area contributed by atoms with Crippen molar-refractivity contribution in [2.75, 3.05) is 18.0 Å². The number of hydrogen-bond donors (Lipinski definition) is 1. The molecule has 2 atom stereocenters. The van der Waals surface area contributed by atoms with E-state index in [2.05, 4.69) is 30.1 Å². The normalized spacial score (nSPS) is 22.9. The fraction of sp³-hybridized carbons (Fsp3) is 0.462. The minimum Gasteiger partial charge on any atom is -0.367 e. The van der Waals surface area contributed by atoms with Crippen molar-refractivity contribution in [3.63, 3.8) is 0 Å². The number of nitrogens with one attached hydrogen (secondary N) is 1. The third kappa shape index (κ3) is 2.83. The molecule has 2 unspecified atom stereocenters. The summed E-state index contributed by atoms with van der Waals surface area (Å²) in [6, 6.07) is 7.16. The van der Waals surface area contributed by atoms with E-state index in [4.69, 9.17) is 0 Å². The molecular weight excluding hydrogens is 244 g/mol. The lowest BCUT2D eigenvalue weighted by Crippen LogP contribution is -2.54. The van der Waals surface area contributed by atoms with Crippen LogP contribution in [0.4, 0.5) is 11.4 Å². The van der Waals surface area contributed by atoms with Gasteiger partial charge in [0.05, 0.1) is 16.2 Å². The zero-order valence-electron chi connectivity index (χ0n) is 11.0. The molecule has 2 rings (SSSR count). The van der Waals surface area contributed by atoms with E-state index in [9.17, 15) is 15.4 Å². The van der Waals surface area contributed by atoms with Gasteiger partial charge in [-0.25, -0.2) is 0 Å². The summed E-state index contributed by atoms with van der Waals surface area (Å²) in [5, 5.41) is 23.3. The van der Waals surface area contributed by atoms with Gasteiger partial charge in [-0.15, -0.1) is 0 Å². The standard InChI is InChI=1S/C13H16N4O2/c1-9-7-16(8-10(2)15-9)13-4-3-12(17(18)19)5-11(13)6-14/h3-5,9-10,15H,7-8H2,1-2H3. The van der Waals surface area contributed by atoms with E-state index in [1.54, 1.807) is 6.07 Å². The van der Waals surface area contributed by atoms with Crippen molar-refractivity contribution in [2.45, 2.75) is 25.9 Å². The quantitative estimate of drug-likeness (QED) is 0.646. The van der Waals surface area contributed by atoms with E-state index >= 15 is 0 Å². The first-order valence-electron chi connectivity index (χ1n) is 6.21. The average molecular weight is 260 g/mol. The van der Waals surface area contributed by atoms with Crippen LogP contribution in [-0.2, 0) is 0 Å². The number of nitro benzene ring substituents is 1. The molecule has 6 heteroatoms. The first-order valence-corrected chi connectivity index (χ1v) is 6.21. The highest BCUT2D eigenvalue weighted by atomic mass is 16.6. The molecule has 1 N–H and O–H groups in total. The van der Waals surface area contributed by atoms with Crippen molar-refractivity contribution in [1.82, 2.24) is 5.32 Å². The van der Waals surface area contributed by atoms with Gasteiger partial charge in [-0.1, -0.05) is 0 Å². The molecule has 0 saturated carbocycles. The Bertz CT molecular complexity index is 528. The third-order valence-electron chi connectivity index (χ3n) is 3.21. The molecule has 1 aliphatic rings. The number of nitro groups is 1. The summed E-state index contributed by atoms with van der Waals surface area (Å²) in [4.78, 5) is 12.4. The first-order chi connectivity index (χ1) is 9.01. The second kappa shape index (κ2) is 5.24. The van der Waals surface area contributed by atoms with E-state index in [1.165, 1.54) is 12.1 Å². The predicted molar refractivity (Wildman–Crippen MR) is 72.1 cm³/mol. The molecule has 1 aliphatic heterocycles. The molecule has 0 radical (unpaired) electrons. The number of non-ortho nitro benzene ring substituents is 1. The minimum atomic E-state index is -0.479. The lowest BCUT2D eigenvalue weighted by Gasteiger charge is -2.38. The minimum absolute atomic E-state index is 0.0449. The van der Waals surface area contributed by atoms with Crippen LogP contribution >= 0.6 is 0 Å². The number of hydrogen-bond acceptors (Lipinski definition) is 5. The van der Waals surface area contributed by atoms with Crippen LogP contribution in [0.1, 0.15) is 19.4 Å². The molecule has 6 nitrogen and oxygen atoms in total. The van der Waals surface area contributed by atoms with Gasteiger partial charge < -0.3 is 10.2 Å². The van der Waals surface area contributed by atoms with Crippen LogP contribution in [-0.4, -0.2) is 30.1 Å². The van der Waals surface area contributed by atoms with Gasteiger partial charge >= 0.3 is 0 Å². The molecule has 0 bridgehead atoms. The summed E-state index contributed by atoms with van der Waals surface area (Å²) in [7, 11) is 0. The van der Waals surface area contributed by atoms with E-state index in [-0.39, 0.29) is 5.69 Å². The smallest absolute Gasteiger partial charge is 0.270 e. The van der Waals surface area contributed by atoms with Crippen molar-refractivity contribution in [2.24, 2.45) is 0 Å².